The van der Waals surface area contributed by atoms with Crippen LogP contribution in [0.15, 0.2) is 59.7 Å². The monoisotopic (exact) mass is 362 g/mol. The third-order valence-corrected chi connectivity index (χ3v) is 3.75. The Morgan fingerprint density at radius 1 is 1.17 bits per heavy atom. The summed E-state index contributed by atoms with van der Waals surface area (Å²) in [7, 11) is 0. The smallest absolute Gasteiger partial charge is 0.277 e. The number of carbonyl (C=O) groups is 1. The van der Waals surface area contributed by atoms with Gasteiger partial charge in [0.05, 0.1) is 10.7 Å². The third-order valence-electron chi connectivity index (χ3n) is 2.95. The van der Waals surface area contributed by atoms with Crippen LogP contribution in [0.25, 0.3) is 6.08 Å². The van der Waals surface area contributed by atoms with Gasteiger partial charge in [-0.1, -0.05) is 65.7 Å². The zero-order valence-corrected chi connectivity index (χ0v) is 14.5. The Bertz CT molecular complexity index is 759. The molecule has 0 aliphatic rings. The van der Waals surface area contributed by atoms with Gasteiger partial charge in [-0.25, -0.2) is 5.43 Å². The lowest BCUT2D eigenvalue weighted by atomic mass is 10.2. The number of ether oxygens (including phenoxy) is 1. The first-order valence-electron chi connectivity index (χ1n) is 7.19. The third kappa shape index (κ3) is 5.72. The van der Waals surface area contributed by atoms with Crippen LogP contribution in [-0.4, -0.2) is 18.2 Å². The molecule has 0 radical (unpaired) electrons. The van der Waals surface area contributed by atoms with Crippen LogP contribution in [0.1, 0.15) is 12.5 Å². The van der Waals surface area contributed by atoms with E-state index in [2.05, 4.69) is 10.5 Å². The fraction of sp³-hybridized carbons (Fsp3) is 0.111. The van der Waals surface area contributed by atoms with E-state index >= 15 is 0 Å². The number of hydrogen-bond donors (Lipinski definition) is 1. The van der Waals surface area contributed by atoms with Crippen molar-refractivity contribution in [1.82, 2.24) is 5.43 Å². The van der Waals surface area contributed by atoms with Crippen LogP contribution in [0.3, 0.4) is 0 Å². The summed E-state index contributed by atoms with van der Waals surface area (Å²) < 4.78 is 5.33. The van der Waals surface area contributed by atoms with Crippen LogP contribution in [0.4, 0.5) is 0 Å². The average molecular weight is 363 g/mol. The van der Waals surface area contributed by atoms with Gasteiger partial charge in [0, 0.05) is 0 Å². The lowest BCUT2D eigenvalue weighted by molar-refractivity contribution is -0.123. The van der Waals surface area contributed by atoms with E-state index in [0.717, 1.165) is 5.56 Å². The van der Waals surface area contributed by atoms with E-state index in [1.165, 1.54) is 0 Å². The molecule has 1 amide bonds. The van der Waals surface area contributed by atoms with Gasteiger partial charge in [0.2, 0.25) is 0 Å². The summed E-state index contributed by atoms with van der Waals surface area (Å²) in [5.41, 5.74) is 4.13. The quantitative estimate of drug-likeness (QED) is 0.603. The van der Waals surface area contributed by atoms with Crippen LogP contribution in [0.2, 0.25) is 10.0 Å². The molecule has 0 fully saturated rings. The second-order valence-corrected chi connectivity index (χ2v) is 5.66. The topological polar surface area (TPSA) is 50.7 Å². The van der Waals surface area contributed by atoms with E-state index in [4.69, 9.17) is 27.9 Å². The number of nitrogens with zero attached hydrogens (tertiary/aromatic N) is 1. The molecule has 0 heterocycles. The second kappa shape index (κ2) is 9.11. The normalized spacial score (nSPS) is 11.5. The van der Waals surface area contributed by atoms with Crippen LogP contribution < -0.4 is 10.2 Å². The number of allylic oxidation sites excluding steroid dienone is 1. The van der Waals surface area contributed by atoms with E-state index in [1.54, 1.807) is 25.1 Å². The molecule has 0 aliphatic heterocycles. The van der Waals surface area contributed by atoms with Crippen molar-refractivity contribution in [3.63, 3.8) is 0 Å². The SMILES string of the molecule is CC(/C=C/c1ccccc1)=N/NC(=O)COc1cccc(Cl)c1Cl. The Labute approximate surface area is 150 Å². The number of amides is 1. The highest BCUT2D eigenvalue weighted by molar-refractivity contribution is 6.42. The molecule has 0 atom stereocenters. The van der Waals surface area contributed by atoms with Gasteiger partial charge in [-0.05, 0) is 30.7 Å². The van der Waals surface area contributed by atoms with E-state index in [0.29, 0.717) is 16.5 Å². The summed E-state index contributed by atoms with van der Waals surface area (Å²) >= 11 is 11.9. The molecule has 0 aromatic heterocycles. The molecule has 1 N–H and O–H groups in total. The predicted molar refractivity (Wildman–Crippen MR) is 98.7 cm³/mol. The van der Waals surface area contributed by atoms with E-state index in [-0.39, 0.29) is 11.6 Å². The minimum Gasteiger partial charge on any atom is -0.482 e. The highest BCUT2D eigenvalue weighted by Gasteiger charge is 2.07. The second-order valence-electron chi connectivity index (χ2n) is 4.87. The highest BCUT2D eigenvalue weighted by atomic mass is 35.5. The molecule has 2 aromatic carbocycles. The summed E-state index contributed by atoms with van der Waals surface area (Å²) in [5, 5.41) is 4.63. The molecule has 124 valence electrons. The van der Waals surface area contributed by atoms with Crippen LogP contribution in [0, 0.1) is 0 Å². The summed E-state index contributed by atoms with van der Waals surface area (Å²) in [4.78, 5) is 11.7. The number of rotatable bonds is 6. The van der Waals surface area contributed by atoms with Crippen LogP contribution in [0.5, 0.6) is 5.75 Å². The summed E-state index contributed by atoms with van der Waals surface area (Å²) in [6, 6.07) is 14.8. The van der Waals surface area contributed by atoms with Gasteiger partial charge in [0.15, 0.2) is 6.61 Å². The lowest BCUT2D eigenvalue weighted by Crippen LogP contribution is -2.25. The van der Waals surface area contributed by atoms with Crippen molar-refractivity contribution in [3.8, 4) is 5.75 Å². The number of hydrazone groups is 1. The Hall–Kier alpha value is -2.30. The maximum Gasteiger partial charge on any atom is 0.277 e. The zero-order valence-electron chi connectivity index (χ0n) is 13.0. The van der Waals surface area contributed by atoms with Crippen molar-refractivity contribution < 1.29 is 9.53 Å². The van der Waals surface area contributed by atoms with Gasteiger partial charge in [-0.3, -0.25) is 4.79 Å². The van der Waals surface area contributed by atoms with Crippen molar-refractivity contribution in [2.75, 3.05) is 6.61 Å². The maximum absolute atomic E-state index is 11.7. The first-order chi connectivity index (χ1) is 11.6. The number of carbonyl (C=O) groups excluding carboxylic acids is 1. The Morgan fingerprint density at radius 3 is 2.67 bits per heavy atom. The Balaban J connectivity index is 1.83. The van der Waals surface area contributed by atoms with Gasteiger partial charge < -0.3 is 4.74 Å². The number of nitrogens with one attached hydrogen (secondary N) is 1. The van der Waals surface area contributed by atoms with Gasteiger partial charge in [0.1, 0.15) is 10.8 Å². The van der Waals surface area contributed by atoms with Crippen molar-refractivity contribution in [1.29, 1.82) is 0 Å². The minimum absolute atomic E-state index is 0.209. The number of benzene rings is 2. The molecule has 6 heteroatoms. The first-order valence-corrected chi connectivity index (χ1v) is 7.95. The molecule has 2 aromatic rings. The fourth-order valence-electron chi connectivity index (χ4n) is 1.74. The maximum atomic E-state index is 11.7. The number of hydrogen-bond acceptors (Lipinski definition) is 3. The Kier molecular flexibility index (Phi) is 6.85. The molecular weight excluding hydrogens is 347 g/mol. The van der Waals surface area contributed by atoms with Crippen molar-refractivity contribution in [2.45, 2.75) is 6.92 Å². The van der Waals surface area contributed by atoms with Gasteiger partial charge in [-0.15, -0.1) is 0 Å². The molecule has 0 unspecified atom stereocenters. The molecule has 2 rings (SSSR count). The molecule has 24 heavy (non-hydrogen) atoms. The summed E-state index contributed by atoms with van der Waals surface area (Å²) in [6.07, 6.45) is 3.72. The molecule has 0 aliphatic carbocycles. The molecular formula is C18H16Cl2N2O2. The van der Waals surface area contributed by atoms with Crippen molar-refractivity contribution >= 4 is 40.9 Å². The Morgan fingerprint density at radius 2 is 1.92 bits per heavy atom. The van der Waals surface area contributed by atoms with Gasteiger partial charge in [-0.2, -0.15) is 5.10 Å². The largest absolute Gasteiger partial charge is 0.482 e. The molecule has 0 spiro atoms. The molecule has 0 bridgehead atoms. The van der Waals surface area contributed by atoms with Crippen LogP contribution >= 0.6 is 23.2 Å². The van der Waals surface area contributed by atoms with Crippen LogP contribution in [-0.2, 0) is 4.79 Å². The molecule has 4 nitrogen and oxygen atoms in total. The standard InChI is InChI=1S/C18H16Cl2N2O2/c1-13(10-11-14-6-3-2-4-7-14)21-22-17(23)12-24-16-9-5-8-15(19)18(16)20/h2-11H,12H2,1H3,(H,22,23)/b11-10+,21-13-. The minimum atomic E-state index is -0.390. The summed E-state index contributed by atoms with van der Waals surface area (Å²) in [5.74, 6) is -0.0394. The fourth-order valence-corrected chi connectivity index (χ4v) is 2.09. The van der Waals surface area contributed by atoms with Crippen molar-refractivity contribution in [2.24, 2.45) is 5.10 Å². The zero-order chi connectivity index (χ0) is 17.4. The summed E-state index contributed by atoms with van der Waals surface area (Å²) in [6.45, 7) is 1.58. The van der Waals surface area contributed by atoms with E-state index in [1.807, 2.05) is 42.5 Å². The van der Waals surface area contributed by atoms with Crippen molar-refractivity contribution in [3.05, 3.63) is 70.2 Å². The first kappa shape index (κ1) is 18.0. The molecule has 0 saturated heterocycles. The van der Waals surface area contributed by atoms with E-state index < -0.39 is 5.91 Å². The van der Waals surface area contributed by atoms with Gasteiger partial charge >= 0.3 is 0 Å². The molecule has 0 saturated carbocycles. The average Bonchev–Trinajstić information content (AvgIpc) is 2.60. The van der Waals surface area contributed by atoms with E-state index in [9.17, 15) is 4.79 Å². The lowest BCUT2D eigenvalue weighted by Gasteiger charge is -2.07. The van der Waals surface area contributed by atoms with Gasteiger partial charge in [0.25, 0.3) is 5.91 Å². The number of halogens is 2. The predicted octanol–water partition coefficient (Wildman–Crippen LogP) is 4.58. The highest BCUT2D eigenvalue weighted by Crippen LogP contribution is 2.31.